The van der Waals surface area contributed by atoms with Crippen molar-refractivity contribution < 1.29 is 39.9 Å². The number of rotatable bonds is 13. The van der Waals surface area contributed by atoms with Crippen molar-refractivity contribution in [1.82, 2.24) is 9.97 Å². The molecule has 306 valence electrons. The molecule has 0 atom stereocenters. The van der Waals surface area contributed by atoms with E-state index < -0.39 is 43.2 Å². The Hall–Kier alpha value is -5.74. The minimum Gasteiger partial charge on any atom is -0.491 e. The highest BCUT2D eigenvalue weighted by Crippen LogP contribution is 2.27. The Morgan fingerprint density at radius 2 is 1.02 bits per heavy atom. The van der Waals surface area contributed by atoms with Gasteiger partial charge in [-0.2, -0.15) is 0 Å². The largest absolute Gasteiger partial charge is 0.491 e. The number of hydrogen-bond acceptors (Lipinski definition) is 9. The van der Waals surface area contributed by atoms with Gasteiger partial charge in [-0.1, -0.05) is 73.4 Å². The third kappa shape index (κ3) is 11.7. The number of hydrogen-bond donors (Lipinski definition) is 2. The van der Waals surface area contributed by atoms with Gasteiger partial charge in [-0.3, -0.25) is 19.0 Å². The second kappa shape index (κ2) is 18.9. The van der Waals surface area contributed by atoms with Crippen molar-refractivity contribution in [2.24, 2.45) is 0 Å². The van der Waals surface area contributed by atoms with Gasteiger partial charge in [0.25, 0.3) is 20.0 Å². The fourth-order valence-corrected chi connectivity index (χ4v) is 7.71. The summed E-state index contributed by atoms with van der Waals surface area (Å²) in [7, 11) is -8.05. The van der Waals surface area contributed by atoms with E-state index in [1.165, 1.54) is 97.3 Å². The molecule has 0 aliphatic carbocycles. The molecule has 0 amide bonds. The van der Waals surface area contributed by atoms with Crippen LogP contribution in [0.5, 0.6) is 5.75 Å². The first-order valence-corrected chi connectivity index (χ1v) is 21.4. The number of benzene rings is 4. The van der Waals surface area contributed by atoms with E-state index in [0.717, 1.165) is 17.7 Å². The quantitative estimate of drug-likeness (QED) is 0.108. The van der Waals surface area contributed by atoms with Gasteiger partial charge < -0.3 is 4.74 Å². The number of nitrogens with one attached hydrogen (secondary N) is 2. The van der Waals surface area contributed by atoms with Crippen molar-refractivity contribution in [3.63, 3.8) is 0 Å². The van der Waals surface area contributed by atoms with Crippen molar-refractivity contribution in [1.29, 1.82) is 0 Å². The van der Waals surface area contributed by atoms with Crippen LogP contribution in [0.2, 0.25) is 10.0 Å². The van der Waals surface area contributed by atoms with Gasteiger partial charge in [0.05, 0.1) is 37.1 Å². The monoisotopic (exact) mass is 880 g/mol. The van der Waals surface area contributed by atoms with Crippen molar-refractivity contribution >= 4 is 66.5 Å². The molecule has 0 aliphatic rings. The van der Waals surface area contributed by atoms with Gasteiger partial charge in [-0.05, 0) is 98.1 Å². The maximum Gasteiger partial charge on any atom is 0.263 e. The predicted molar refractivity (Wildman–Crippen MR) is 223 cm³/mol. The predicted octanol–water partition coefficient (Wildman–Crippen LogP) is 9.72. The molecule has 59 heavy (non-hydrogen) atoms. The van der Waals surface area contributed by atoms with Crippen LogP contribution in [0.15, 0.2) is 131 Å². The molecule has 4 aromatic carbocycles. The molecule has 0 aliphatic heterocycles. The van der Waals surface area contributed by atoms with Crippen LogP contribution in [0.1, 0.15) is 71.0 Å². The lowest BCUT2D eigenvalue weighted by atomic mass is 10.0. The summed E-state index contributed by atoms with van der Waals surface area (Å²) < 4.78 is 88.3. The average Bonchev–Trinajstić information content (AvgIpc) is 3.19. The fourth-order valence-electron chi connectivity index (χ4n) is 5.33. The van der Waals surface area contributed by atoms with Crippen LogP contribution in [-0.4, -0.2) is 44.5 Å². The molecule has 2 aromatic heterocycles. The van der Waals surface area contributed by atoms with E-state index in [-0.39, 0.29) is 65.7 Å². The SMILES string of the molecule is CC(C)Oc1ccc(S(=O)(=O)Nc2ncc(Cl)cc2C(=O)c2cccc(F)c2)cc1.CC(C)c1ccc(S(=O)(=O)Nc2ncc(Cl)cc2C(=O)c2cccc(F)c2)cc1. The Morgan fingerprint density at radius 1 is 0.610 bits per heavy atom. The standard InChI is InChI=1S/C21H18ClFN2O4S.C21H18ClFN2O3S/c1-13(2)29-17-6-8-18(9-7-17)30(27,28)25-21-19(11-15(22)12-24-21)20(26)14-4-3-5-16(23)10-14;1-13(2)14-6-8-18(9-7-14)29(27,28)25-21-19(11-16(22)12-24-21)20(26)15-4-3-5-17(23)10-15/h3-13H,1-2H3,(H,24,25);3-13H,1-2H3,(H,24,25). The maximum absolute atomic E-state index is 13.5. The molecule has 6 aromatic rings. The van der Waals surface area contributed by atoms with E-state index >= 15 is 0 Å². The van der Waals surface area contributed by atoms with Crippen molar-refractivity contribution in [2.75, 3.05) is 9.44 Å². The molecule has 17 heteroatoms. The van der Waals surface area contributed by atoms with Crippen molar-refractivity contribution in [2.45, 2.75) is 49.5 Å². The summed E-state index contributed by atoms with van der Waals surface area (Å²) >= 11 is 11.9. The number of nitrogens with zero attached hydrogens (tertiary/aromatic N) is 2. The second-order valence-electron chi connectivity index (χ2n) is 13.4. The molecular weight excluding hydrogens is 846 g/mol. The Morgan fingerprint density at radius 3 is 1.39 bits per heavy atom. The second-order valence-corrected chi connectivity index (χ2v) is 17.6. The minimum absolute atomic E-state index is 0.0304. The lowest BCUT2D eigenvalue weighted by Crippen LogP contribution is -2.17. The van der Waals surface area contributed by atoms with E-state index in [1.54, 1.807) is 12.1 Å². The van der Waals surface area contributed by atoms with Crippen LogP contribution >= 0.6 is 23.2 Å². The highest BCUT2D eigenvalue weighted by Gasteiger charge is 2.24. The first-order valence-electron chi connectivity index (χ1n) is 17.7. The van der Waals surface area contributed by atoms with Gasteiger partial charge in [-0.15, -0.1) is 0 Å². The minimum atomic E-state index is -4.06. The molecule has 0 spiro atoms. The van der Waals surface area contributed by atoms with Crippen molar-refractivity contribution in [3.05, 3.63) is 171 Å². The molecule has 0 saturated carbocycles. The summed E-state index contributed by atoms with van der Waals surface area (Å²) in [5.74, 6) is -2.02. The topological polar surface area (TPSA) is 161 Å². The Balaban J connectivity index is 0.000000224. The molecule has 0 saturated heterocycles. The zero-order valence-electron chi connectivity index (χ0n) is 31.8. The van der Waals surface area contributed by atoms with Crippen LogP contribution in [0.25, 0.3) is 0 Å². The van der Waals surface area contributed by atoms with Crippen LogP contribution < -0.4 is 14.2 Å². The van der Waals surface area contributed by atoms with Crippen LogP contribution in [0.3, 0.4) is 0 Å². The smallest absolute Gasteiger partial charge is 0.263 e. The number of halogens is 4. The van der Waals surface area contributed by atoms with Gasteiger partial charge in [0, 0.05) is 23.5 Å². The highest BCUT2D eigenvalue weighted by molar-refractivity contribution is 7.93. The summed E-state index contributed by atoms with van der Waals surface area (Å²) in [5.41, 5.74) is 0.906. The van der Waals surface area contributed by atoms with E-state index in [9.17, 15) is 35.2 Å². The number of carbonyl (C=O) groups excluding carboxylic acids is 2. The molecular formula is C42H36Cl2F2N4O7S2. The van der Waals surface area contributed by atoms with Gasteiger partial charge in [-0.25, -0.2) is 35.6 Å². The van der Waals surface area contributed by atoms with Gasteiger partial charge in [0.2, 0.25) is 0 Å². The Kier molecular flexibility index (Phi) is 14.2. The van der Waals surface area contributed by atoms with E-state index in [4.69, 9.17) is 27.9 Å². The molecule has 2 N–H and O–H groups in total. The summed E-state index contributed by atoms with van der Waals surface area (Å²) in [6.07, 6.45) is 2.38. The molecule has 0 unspecified atom stereocenters. The number of pyridine rings is 2. The summed E-state index contributed by atoms with van der Waals surface area (Å²) in [4.78, 5) is 33.5. The molecule has 0 bridgehead atoms. The number of aromatic nitrogens is 2. The number of anilines is 2. The van der Waals surface area contributed by atoms with Crippen molar-refractivity contribution in [3.8, 4) is 5.75 Å². The normalized spacial score (nSPS) is 11.4. The van der Waals surface area contributed by atoms with Gasteiger partial charge >= 0.3 is 0 Å². The van der Waals surface area contributed by atoms with Crippen LogP contribution in [-0.2, 0) is 20.0 Å². The average molecular weight is 882 g/mol. The maximum atomic E-state index is 13.5. The molecule has 2 heterocycles. The molecule has 0 radical (unpaired) electrons. The zero-order chi connectivity index (χ0) is 43.1. The van der Waals surface area contributed by atoms with Crippen LogP contribution in [0, 0.1) is 11.6 Å². The molecule has 11 nitrogen and oxygen atoms in total. The van der Waals surface area contributed by atoms with E-state index in [1.807, 2.05) is 27.7 Å². The first-order chi connectivity index (χ1) is 27.8. The third-order valence-corrected chi connectivity index (χ3v) is 11.3. The van der Waals surface area contributed by atoms with Gasteiger partial charge in [0.15, 0.2) is 23.2 Å². The third-order valence-electron chi connectivity index (χ3n) is 8.20. The van der Waals surface area contributed by atoms with Gasteiger partial charge in [0.1, 0.15) is 17.4 Å². The first kappa shape index (κ1) is 44.4. The summed E-state index contributed by atoms with van der Waals surface area (Å²) in [5, 5.41) is 0.280. The van der Waals surface area contributed by atoms with Crippen LogP contribution in [0.4, 0.5) is 20.4 Å². The lowest BCUT2D eigenvalue weighted by molar-refractivity contribution is 0.103. The van der Waals surface area contributed by atoms with E-state index in [2.05, 4.69) is 19.4 Å². The zero-order valence-corrected chi connectivity index (χ0v) is 34.9. The number of ketones is 2. The summed E-state index contributed by atoms with van der Waals surface area (Å²) in [6.45, 7) is 7.72. The summed E-state index contributed by atoms with van der Waals surface area (Å²) in [6, 6.07) is 24.9. The Bertz CT molecular complexity index is 2720. The fraction of sp³-hybridized carbons (Fsp3) is 0.143. The number of ether oxygens (including phenoxy) is 1. The highest BCUT2D eigenvalue weighted by atomic mass is 35.5. The molecule has 6 rings (SSSR count). The lowest BCUT2D eigenvalue weighted by Gasteiger charge is -2.13. The molecule has 0 fully saturated rings. The van der Waals surface area contributed by atoms with E-state index in [0.29, 0.717) is 5.75 Å². The number of carbonyl (C=O) groups is 2. The number of sulfonamides is 2. The Labute approximate surface area is 350 Å².